The highest BCUT2D eigenvalue weighted by atomic mass is 35.5. The lowest BCUT2D eigenvalue weighted by molar-refractivity contribution is -0.139. The summed E-state index contributed by atoms with van der Waals surface area (Å²) in [5.41, 5.74) is 2.65. The van der Waals surface area contributed by atoms with Gasteiger partial charge in [0.2, 0.25) is 6.79 Å². The number of nitrogens with zero attached hydrogens (tertiary/aromatic N) is 3. The summed E-state index contributed by atoms with van der Waals surface area (Å²) in [5, 5.41) is 4.63. The zero-order valence-electron chi connectivity index (χ0n) is 36.5. The van der Waals surface area contributed by atoms with Crippen LogP contribution in [0.15, 0.2) is 92.0 Å². The van der Waals surface area contributed by atoms with E-state index in [0.717, 1.165) is 71.5 Å². The molecule has 4 aromatic carbocycles. The number of hydrogen-bond donors (Lipinski definition) is 1. The summed E-state index contributed by atoms with van der Waals surface area (Å²) in [6.45, 7) is 4.84. The molecular formula is C45H40Cl5F3N4O8S4. The molecule has 2 atom stereocenters. The first-order valence-corrected chi connectivity index (χ1v) is 27.3. The number of ether oxygens (including phenoxy) is 4. The smallest absolute Gasteiger partial charge is 0.419 e. The Balaban J connectivity index is 0.000000188. The highest BCUT2D eigenvalue weighted by molar-refractivity contribution is 7.96. The zero-order valence-corrected chi connectivity index (χ0v) is 43.5. The van der Waals surface area contributed by atoms with Gasteiger partial charge >= 0.3 is 6.18 Å². The number of hydrogen-bond acceptors (Lipinski definition) is 12. The van der Waals surface area contributed by atoms with Gasteiger partial charge < -0.3 is 28.7 Å². The lowest BCUT2D eigenvalue weighted by Gasteiger charge is -2.21. The lowest BCUT2D eigenvalue weighted by Crippen LogP contribution is -2.24. The maximum atomic E-state index is 13.6. The number of halogens is 8. The van der Waals surface area contributed by atoms with Crippen LogP contribution in [0.2, 0.25) is 20.1 Å². The highest BCUT2D eigenvalue weighted by Gasteiger charge is 2.37. The quantitative estimate of drug-likeness (QED) is 0.118. The van der Waals surface area contributed by atoms with Crippen LogP contribution < -0.4 is 27.5 Å². The lowest BCUT2D eigenvalue weighted by atomic mass is 10.0. The van der Waals surface area contributed by atoms with E-state index in [2.05, 4.69) is 9.62 Å². The predicted octanol–water partition coefficient (Wildman–Crippen LogP) is 12.8. The molecule has 0 unspecified atom stereocenters. The summed E-state index contributed by atoms with van der Waals surface area (Å²) < 4.78 is 119. The zero-order chi connectivity index (χ0) is 49.6. The number of fused-ring (bicyclic) bond motifs is 1. The molecule has 24 heteroatoms. The molecule has 2 saturated heterocycles. The van der Waals surface area contributed by atoms with Gasteiger partial charge in [0.25, 0.3) is 20.0 Å². The van der Waals surface area contributed by atoms with E-state index in [1.54, 1.807) is 53.2 Å². The second kappa shape index (κ2) is 20.7. The predicted molar refractivity (Wildman–Crippen MR) is 268 cm³/mol. The molecule has 1 N–H and O–H groups in total. The van der Waals surface area contributed by atoms with Gasteiger partial charge in [0.1, 0.15) is 27.9 Å². The Labute approximate surface area is 430 Å². The van der Waals surface area contributed by atoms with Crippen LogP contribution in [-0.4, -0.2) is 85.9 Å². The van der Waals surface area contributed by atoms with Crippen LogP contribution in [0, 0.1) is 6.92 Å². The maximum absolute atomic E-state index is 13.6. The molecule has 9 rings (SSSR count). The van der Waals surface area contributed by atoms with Gasteiger partial charge in [0, 0.05) is 61.0 Å². The Kier molecular flexibility index (Phi) is 15.4. The molecule has 0 aliphatic carbocycles. The van der Waals surface area contributed by atoms with E-state index >= 15 is 0 Å². The molecule has 2 aromatic heterocycles. The van der Waals surface area contributed by atoms with Crippen molar-refractivity contribution in [1.82, 2.24) is 9.80 Å². The standard InChI is InChI=1S/C24H22ClF3N2O5S2.C21H18Cl4N2O3S2/c1-14-7-21-22(34-13-33-21)10-18(14)15-8-23(36-12-15)37(31,32)30(25)16-3-4-19(24(26,27)28)20(9-16)35-17-5-6-29(2)11-17;1-27-7-6-14(10-27)30-19-9-13(3-5-17(19)23)26-32(28,29)21-20(25)15(11-31-21)12-2-4-16(22)18(24)8-12/h3-4,7-10,12,17H,5-6,11,13H2,1-2H3;2-5,8-9,11,14,26H,6-7,10H2,1H3/t17-;14-/m11/s1. The van der Waals surface area contributed by atoms with Gasteiger partial charge in [-0.25, -0.2) is 8.42 Å². The summed E-state index contributed by atoms with van der Waals surface area (Å²) in [6, 6.07) is 17.6. The Morgan fingerprint density at radius 3 is 2.03 bits per heavy atom. The molecule has 3 aliphatic rings. The average molecular weight is 1130 g/mol. The van der Waals surface area contributed by atoms with E-state index in [1.165, 1.54) is 6.07 Å². The summed E-state index contributed by atoms with van der Waals surface area (Å²) >= 11 is 33.0. The number of nitrogens with one attached hydrogen (secondary N) is 1. The maximum Gasteiger partial charge on any atom is 0.419 e. The van der Waals surface area contributed by atoms with E-state index in [1.807, 2.05) is 32.0 Å². The second-order valence-corrected chi connectivity index (χ2v) is 24.1. The Morgan fingerprint density at radius 1 is 0.739 bits per heavy atom. The number of alkyl halides is 3. The van der Waals surface area contributed by atoms with Crippen molar-refractivity contribution in [2.24, 2.45) is 0 Å². The molecule has 3 aliphatic heterocycles. The molecule has 0 radical (unpaired) electrons. The number of aryl methyl sites for hydroxylation is 1. The average Bonchev–Trinajstić information content (AvgIpc) is 4.15. The summed E-state index contributed by atoms with van der Waals surface area (Å²) in [5.74, 6) is 1.14. The molecule has 0 amide bonds. The van der Waals surface area contributed by atoms with E-state index in [0.29, 0.717) is 78.0 Å². The number of rotatable bonds is 12. The molecule has 0 spiro atoms. The van der Waals surface area contributed by atoms with Crippen molar-refractivity contribution in [3.63, 3.8) is 0 Å². The SMILES string of the molecule is CN1CC[C@@H](Oc2cc(NS(=O)(=O)c3scc(-c4ccc(Cl)c(Cl)c4)c3Cl)ccc2Cl)C1.Cc1cc2c(cc1-c1csc(S(=O)(=O)N(Cl)c3ccc(C(F)(F)F)c(O[C@@H]4CCN(C)C4)c3)c1)OCO2. The Morgan fingerprint density at radius 2 is 1.39 bits per heavy atom. The van der Waals surface area contributed by atoms with Crippen molar-refractivity contribution >= 4 is 112 Å². The minimum absolute atomic E-state index is 0.00450. The van der Waals surface area contributed by atoms with Gasteiger partial charge in [-0.3, -0.25) is 4.72 Å². The molecule has 69 heavy (non-hydrogen) atoms. The molecular weight excluding hydrogens is 1090 g/mol. The van der Waals surface area contributed by atoms with Gasteiger partial charge in [0.05, 0.1) is 37.0 Å². The summed E-state index contributed by atoms with van der Waals surface area (Å²) in [7, 11) is -4.37. The van der Waals surface area contributed by atoms with E-state index in [9.17, 15) is 30.0 Å². The number of benzene rings is 4. The van der Waals surface area contributed by atoms with Crippen molar-refractivity contribution in [2.75, 3.05) is 55.6 Å². The van der Waals surface area contributed by atoms with Crippen LogP contribution in [0.4, 0.5) is 24.5 Å². The van der Waals surface area contributed by atoms with Gasteiger partial charge in [-0.05, 0) is 116 Å². The largest absolute Gasteiger partial charge is 0.488 e. The van der Waals surface area contributed by atoms with Crippen LogP contribution in [0.3, 0.4) is 0 Å². The number of sulfonamides is 2. The van der Waals surface area contributed by atoms with E-state index in [-0.39, 0.29) is 32.0 Å². The summed E-state index contributed by atoms with van der Waals surface area (Å²) in [4.78, 5) is 4.10. The van der Waals surface area contributed by atoms with E-state index < -0.39 is 43.6 Å². The highest BCUT2D eigenvalue weighted by Crippen LogP contribution is 2.45. The molecule has 2 fully saturated rings. The fraction of sp³-hybridized carbons (Fsp3) is 0.289. The van der Waals surface area contributed by atoms with Gasteiger partial charge in [-0.1, -0.05) is 52.5 Å². The topological polar surface area (TPSA) is 127 Å². The number of anilines is 2. The van der Waals surface area contributed by atoms with Crippen molar-refractivity contribution in [1.29, 1.82) is 0 Å². The molecule has 0 bridgehead atoms. The molecule has 368 valence electrons. The molecule has 0 saturated carbocycles. The van der Waals surface area contributed by atoms with Crippen LogP contribution in [-0.2, 0) is 26.2 Å². The van der Waals surface area contributed by atoms with Crippen molar-refractivity contribution in [3.8, 4) is 45.3 Å². The third-order valence-electron chi connectivity index (χ3n) is 11.2. The summed E-state index contributed by atoms with van der Waals surface area (Å²) in [6.07, 6.45) is -3.70. The van der Waals surface area contributed by atoms with Gasteiger partial charge in [0.15, 0.2) is 15.7 Å². The number of thiophene rings is 2. The molecule has 12 nitrogen and oxygen atoms in total. The number of likely N-dealkylation sites (tertiary alicyclic amines) is 2. The Hall–Kier alpha value is -3.86. The van der Waals surface area contributed by atoms with Crippen LogP contribution in [0.5, 0.6) is 23.0 Å². The third-order valence-corrected chi connectivity index (χ3v) is 19.4. The molecule has 6 aromatic rings. The number of likely N-dealkylation sites (N-methyl/N-ethyl adjacent to an activating group) is 2. The van der Waals surface area contributed by atoms with E-state index in [4.69, 9.17) is 77.1 Å². The first kappa shape index (κ1) is 51.5. The second-order valence-electron chi connectivity index (χ2n) is 16.3. The first-order valence-electron chi connectivity index (χ1n) is 20.7. The third kappa shape index (κ3) is 11.6. The van der Waals surface area contributed by atoms with Crippen LogP contribution in [0.1, 0.15) is 24.0 Å². The van der Waals surface area contributed by atoms with Crippen molar-refractivity contribution < 1.29 is 49.0 Å². The Bertz CT molecular complexity index is 3120. The monoisotopic (exact) mass is 1120 g/mol. The van der Waals surface area contributed by atoms with Crippen LogP contribution in [0.25, 0.3) is 22.3 Å². The van der Waals surface area contributed by atoms with Gasteiger partial charge in [-0.15, -0.1) is 22.7 Å². The first-order chi connectivity index (χ1) is 32.6. The van der Waals surface area contributed by atoms with Gasteiger partial charge in [-0.2, -0.15) is 25.4 Å². The fourth-order valence-electron chi connectivity index (χ4n) is 7.68. The normalized spacial score (nSPS) is 17.4. The fourth-order valence-corrected chi connectivity index (χ4v) is 13.9. The van der Waals surface area contributed by atoms with Crippen LogP contribution >= 0.6 is 80.9 Å². The minimum atomic E-state index is -4.68. The van der Waals surface area contributed by atoms with Crippen molar-refractivity contribution in [3.05, 3.63) is 115 Å². The minimum Gasteiger partial charge on any atom is -0.488 e. The van der Waals surface area contributed by atoms with Crippen molar-refractivity contribution in [2.45, 2.75) is 46.6 Å². The molecule has 5 heterocycles.